The Morgan fingerprint density at radius 1 is 1.14 bits per heavy atom. The van der Waals surface area contributed by atoms with E-state index in [2.05, 4.69) is 29.1 Å². The monoisotopic (exact) mass is 318 g/mol. The molecule has 0 aliphatic rings. The number of aromatic nitrogens is 4. The summed E-state index contributed by atoms with van der Waals surface area (Å²) >= 11 is 1.49. The van der Waals surface area contributed by atoms with Crippen LogP contribution in [0.2, 0.25) is 0 Å². The van der Waals surface area contributed by atoms with E-state index in [9.17, 15) is 0 Å². The van der Waals surface area contributed by atoms with Gasteiger partial charge in [0.25, 0.3) is 0 Å². The molecule has 6 nitrogen and oxygen atoms in total. The van der Waals surface area contributed by atoms with Gasteiger partial charge in [0.05, 0.1) is 7.11 Å². The first-order chi connectivity index (χ1) is 10.6. The minimum absolute atomic E-state index is 0.168. The number of benzene rings is 1. The molecule has 116 valence electrons. The van der Waals surface area contributed by atoms with Crippen molar-refractivity contribution in [1.82, 2.24) is 19.8 Å². The third kappa shape index (κ3) is 2.76. The summed E-state index contributed by atoms with van der Waals surface area (Å²) < 4.78 is 13.0. The van der Waals surface area contributed by atoms with Crippen LogP contribution in [-0.2, 0) is 0 Å². The third-order valence-corrected chi connectivity index (χ3v) is 4.31. The van der Waals surface area contributed by atoms with E-state index in [1.165, 1.54) is 11.3 Å². The van der Waals surface area contributed by atoms with Crippen LogP contribution in [-0.4, -0.2) is 26.9 Å². The summed E-state index contributed by atoms with van der Waals surface area (Å²) in [4.78, 5) is 0.791. The molecule has 1 atom stereocenters. The normalized spacial score (nSPS) is 12.8. The van der Waals surface area contributed by atoms with Crippen molar-refractivity contribution in [2.75, 3.05) is 7.11 Å². The molecule has 0 saturated carbocycles. The van der Waals surface area contributed by atoms with Crippen molar-refractivity contribution >= 4 is 16.3 Å². The number of fused-ring (bicyclic) bond motifs is 1. The lowest BCUT2D eigenvalue weighted by molar-refractivity contribution is 0.224. The third-order valence-electron chi connectivity index (χ3n) is 3.25. The van der Waals surface area contributed by atoms with Crippen molar-refractivity contribution in [2.24, 2.45) is 0 Å². The number of rotatable bonds is 5. The highest BCUT2D eigenvalue weighted by Crippen LogP contribution is 2.28. The van der Waals surface area contributed by atoms with E-state index in [0.29, 0.717) is 0 Å². The van der Waals surface area contributed by atoms with Gasteiger partial charge in [-0.05, 0) is 19.1 Å². The van der Waals surface area contributed by atoms with Crippen molar-refractivity contribution in [3.8, 4) is 11.5 Å². The number of hydrogen-bond acceptors (Lipinski definition) is 6. The highest BCUT2D eigenvalue weighted by molar-refractivity contribution is 7.16. The standard InChI is InChI=1S/C15H18N4O2S/c1-9(2)13-16-17-15-19(13)18-14(22-15)10(3)21-12-7-5-6-11(8-12)20-4/h5-10H,1-4H3/t10-/m1/s1. The highest BCUT2D eigenvalue weighted by atomic mass is 32.1. The van der Waals surface area contributed by atoms with Gasteiger partial charge in [-0.1, -0.05) is 31.3 Å². The number of nitrogens with zero attached hydrogens (tertiary/aromatic N) is 4. The van der Waals surface area contributed by atoms with Crippen molar-refractivity contribution in [2.45, 2.75) is 32.8 Å². The van der Waals surface area contributed by atoms with Crippen LogP contribution in [0.25, 0.3) is 4.96 Å². The number of ether oxygens (including phenoxy) is 2. The maximum atomic E-state index is 5.95. The Hall–Kier alpha value is -2.15. The molecular weight excluding hydrogens is 300 g/mol. The van der Waals surface area contributed by atoms with Crippen molar-refractivity contribution < 1.29 is 9.47 Å². The SMILES string of the molecule is COc1cccc(O[C@H](C)c2nn3c(C(C)C)nnc3s2)c1. The Labute approximate surface area is 132 Å². The Morgan fingerprint density at radius 3 is 2.64 bits per heavy atom. The van der Waals surface area contributed by atoms with Gasteiger partial charge < -0.3 is 9.47 Å². The summed E-state index contributed by atoms with van der Waals surface area (Å²) in [5, 5.41) is 13.8. The predicted octanol–water partition coefficient (Wildman–Crippen LogP) is 3.46. The van der Waals surface area contributed by atoms with Gasteiger partial charge in [-0.25, -0.2) is 0 Å². The lowest BCUT2D eigenvalue weighted by Crippen LogP contribution is -2.05. The number of methoxy groups -OCH3 is 1. The molecule has 0 fully saturated rings. The van der Waals surface area contributed by atoms with Gasteiger partial charge in [-0.15, -0.1) is 10.2 Å². The molecule has 3 rings (SSSR count). The second-order valence-electron chi connectivity index (χ2n) is 5.29. The first-order valence-electron chi connectivity index (χ1n) is 7.11. The lowest BCUT2D eigenvalue weighted by atomic mass is 10.2. The van der Waals surface area contributed by atoms with Gasteiger partial charge in [0.1, 0.15) is 17.6 Å². The average Bonchev–Trinajstić information content (AvgIpc) is 3.07. The van der Waals surface area contributed by atoms with Crippen LogP contribution in [0.5, 0.6) is 11.5 Å². The molecule has 22 heavy (non-hydrogen) atoms. The molecule has 0 aliphatic carbocycles. The fourth-order valence-corrected chi connectivity index (χ4v) is 2.93. The molecule has 0 bridgehead atoms. The van der Waals surface area contributed by atoms with Crippen LogP contribution in [0.15, 0.2) is 24.3 Å². The van der Waals surface area contributed by atoms with E-state index in [4.69, 9.17) is 9.47 Å². The molecule has 0 N–H and O–H groups in total. The van der Waals surface area contributed by atoms with Crippen LogP contribution in [0.4, 0.5) is 0 Å². The van der Waals surface area contributed by atoms with Gasteiger partial charge in [0.2, 0.25) is 4.96 Å². The van der Waals surface area contributed by atoms with E-state index >= 15 is 0 Å². The zero-order chi connectivity index (χ0) is 15.7. The topological polar surface area (TPSA) is 61.5 Å². The second-order valence-corrected chi connectivity index (χ2v) is 6.27. The smallest absolute Gasteiger partial charge is 0.234 e. The van der Waals surface area contributed by atoms with E-state index in [1.807, 2.05) is 31.2 Å². The summed E-state index contributed by atoms with van der Waals surface area (Å²) in [5.74, 6) is 2.66. The minimum Gasteiger partial charge on any atom is -0.497 e. The summed E-state index contributed by atoms with van der Waals surface area (Å²) in [6, 6.07) is 7.54. The second kappa shape index (κ2) is 5.92. The molecule has 3 aromatic rings. The van der Waals surface area contributed by atoms with Gasteiger partial charge in [-0.3, -0.25) is 0 Å². The fourth-order valence-electron chi connectivity index (χ4n) is 2.10. The molecule has 0 amide bonds. The molecule has 0 saturated heterocycles. The van der Waals surface area contributed by atoms with Gasteiger partial charge in [0.15, 0.2) is 10.8 Å². The fraction of sp³-hybridized carbons (Fsp3) is 0.400. The molecule has 0 spiro atoms. The van der Waals surface area contributed by atoms with Crippen molar-refractivity contribution in [3.63, 3.8) is 0 Å². The van der Waals surface area contributed by atoms with Crippen LogP contribution in [0.1, 0.15) is 43.6 Å². The van der Waals surface area contributed by atoms with Crippen molar-refractivity contribution in [3.05, 3.63) is 35.1 Å². The quantitative estimate of drug-likeness (QED) is 0.721. The molecule has 0 unspecified atom stereocenters. The van der Waals surface area contributed by atoms with Crippen molar-refractivity contribution in [1.29, 1.82) is 0 Å². The zero-order valence-electron chi connectivity index (χ0n) is 13.0. The lowest BCUT2D eigenvalue weighted by Gasteiger charge is -2.12. The summed E-state index contributed by atoms with van der Waals surface area (Å²) in [5.41, 5.74) is 0. The molecule has 1 aromatic carbocycles. The maximum Gasteiger partial charge on any atom is 0.234 e. The Morgan fingerprint density at radius 2 is 1.91 bits per heavy atom. The molecule has 7 heteroatoms. The van der Waals surface area contributed by atoms with Crippen LogP contribution >= 0.6 is 11.3 Å². The Kier molecular flexibility index (Phi) is 3.98. The van der Waals surface area contributed by atoms with Crippen LogP contribution < -0.4 is 9.47 Å². The minimum atomic E-state index is -0.168. The van der Waals surface area contributed by atoms with Gasteiger partial charge >= 0.3 is 0 Å². The van der Waals surface area contributed by atoms with Crippen LogP contribution in [0.3, 0.4) is 0 Å². The Bertz CT molecular complexity index is 781. The van der Waals surface area contributed by atoms with Gasteiger partial charge in [0, 0.05) is 12.0 Å². The zero-order valence-corrected chi connectivity index (χ0v) is 13.8. The maximum absolute atomic E-state index is 5.95. The largest absolute Gasteiger partial charge is 0.497 e. The predicted molar refractivity (Wildman–Crippen MR) is 84.8 cm³/mol. The summed E-state index contributed by atoms with van der Waals surface area (Å²) in [6.45, 7) is 6.12. The van der Waals surface area contributed by atoms with E-state index in [0.717, 1.165) is 27.3 Å². The summed E-state index contributed by atoms with van der Waals surface area (Å²) in [6.07, 6.45) is -0.168. The first kappa shape index (κ1) is 14.8. The molecular formula is C15H18N4O2S. The van der Waals surface area contributed by atoms with Crippen LogP contribution in [0, 0.1) is 0 Å². The molecule has 0 aliphatic heterocycles. The highest BCUT2D eigenvalue weighted by Gasteiger charge is 2.18. The molecule has 0 radical (unpaired) electrons. The molecule has 2 aromatic heterocycles. The summed E-state index contributed by atoms with van der Waals surface area (Å²) in [7, 11) is 1.64. The van der Waals surface area contributed by atoms with Gasteiger partial charge in [-0.2, -0.15) is 9.61 Å². The average molecular weight is 318 g/mol. The molecule has 2 heterocycles. The van der Waals surface area contributed by atoms with E-state index < -0.39 is 0 Å². The number of hydrogen-bond donors (Lipinski definition) is 0. The first-order valence-corrected chi connectivity index (χ1v) is 7.93. The van der Waals surface area contributed by atoms with E-state index in [-0.39, 0.29) is 12.0 Å². The Balaban J connectivity index is 1.83. The van der Waals surface area contributed by atoms with E-state index in [1.54, 1.807) is 11.6 Å².